The van der Waals surface area contributed by atoms with Gasteiger partial charge in [0, 0.05) is 6.42 Å². The van der Waals surface area contributed by atoms with E-state index in [1.54, 1.807) is 0 Å². The van der Waals surface area contributed by atoms with Crippen molar-refractivity contribution in [2.75, 3.05) is 6.61 Å². The lowest BCUT2D eigenvalue weighted by molar-refractivity contribution is -0.137. The molecule has 0 aromatic rings. The summed E-state index contributed by atoms with van der Waals surface area (Å²) < 4.78 is 5.88. The fourth-order valence-corrected chi connectivity index (χ4v) is 4.15. The van der Waals surface area contributed by atoms with Gasteiger partial charge in [-0.1, -0.05) is 50.5 Å². The van der Waals surface area contributed by atoms with E-state index >= 15 is 0 Å². The molecule has 1 heterocycles. The molecule has 0 spiro atoms. The molecule has 142 valence electrons. The average molecular weight is 350 g/mol. The number of carboxylic acids is 1. The molecule has 25 heavy (non-hydrogen) atoms. The Morgan fingerprint density at radius 3 is 2.88 bits per heavy atom. The van der Waals surface area contributed by atoms with Crippen molar-refractivity contribution >= 4 is 5.97 Å². The molecule has 4 nitrogen and oxygen atoms in total. The molecule has 2 bridgehead atoms. The van der Waals surface area contributed by atoms with Gasteiger partial charge in [-0.2, -0.15) is 0 Å². The van der Waals surface area contributed by atoms with E-state index in [9.17, 15) is 9.90 Å². The second-order valence-electron chi connectivity index (χ2n) is 7.55. The number of hydrogen-bond donors (Lipinski definition) is 2. The van der Waals surface area contributed by atoms with Crippen LogP contribution in [0.15, 0.2) is 24.3 Å². The van der Waals surface area contributed by atoms with Crippen molar-refractivity contribution in [3.63, 3.8) is 0 Å². The van der Waals surface area contributed by atoms with Crippen LogP contribution >= 0.6 is 0 Å². The Morgan fingerprint density at radius 1 is 1.28 bits per heavy atom. The van der Waals surface area contributed by atoms with Crippen molar-refractivity contribution in [1.29, 1.82) is 0 Å². The van der Waals surface area contributed by atoms with Crippen molar-refractivity contribution in [1.82, 2.24) is 0 Å². The van der Waals surface area contributed by atoms with E-state index in [4.69, 9.17) is 9.84 Å². The van der Waals surface area contributed by atoms with Crippen LogP contribution in [0.25, 0.3) is 0 Å². The quantitative estimate of drug-likeness (QED) is 0.406. The van der Waals surface area contributed by atoms with E-state index in [0.29, 0.717) is 30.3 Å². The van der Waals surface area contributed by atoms with E-state index in [-0.39, 0.29) is 12.5 Å². The van der Waals surface area contributed by atoms with Crippen LogP contribution in [0.2, 0.25) is 0 Å². The van der Waals surface area contributed by atoms with E-state index in [0.717, 1.165) is 38.7 Å². The Labute approximate surface area is 152 Å². The van der Waals surface area contributed by atoms with Gasteiger partial charge in [-0.3, -0.25) is 4.79 Å². The van der Waals surface area contributed by atoms with Crippen LogP contribution in [0.4, 0.5) is 0 Å². The molecule has 2 rings (SSSR count). The van der Waals surface area contributed by atoms with E-state index in [2.05, 4.69) is 25.2 Å². The first-order chi connectivity index (χ1) is 12.1. The van der Waals surface area contributed by atoms with Gasteiger partial charge in [-0.25, -0.2) is 0 Å². The Bertz CT molecular complexity index is 457. The first kappa shape index (κ1) is 20.2. The summed E-state index contributed by atoms with van der Waals surface area (Å²) in [5.41, 5.74) is 0. The summed E-state index contributed by atoms with van der Waals surface area (Å²) in [5, 5.41) is 18.8. The molecule has 1 aliphatic heterocycles. The molecule has 2 aliphatic rings. The molecule has 0 radical (unpaired) electrons. The van der Waals surface area contributed by atoms with Crippen molar-refractivity contribution in [3.05, 3.63) is 24.3 Å². The van der Waals surface area contributed by atoms with Crippen LogP contribution in [0.5, 0.6) is 0 Å². The molecule has 0 aromatic carbocycles. The summed E-state index contributed by atoms with van der Waals surface area (Å²) in [4.78, 5) is 10.5. The number of hydrogen-bond acceptors (Lipinski definition) is 3. The number of fused-ring (bicyclic) bond motifs is 2. The maximum absolute atomic E-state index is 10.5. The molecule has 0 amide bonds. The number of ether oxygens (including phenoxy) is 1. The monoisotopic (exact) mass is 350 g/mol. The zero-order valence-corrected chi connectivity index (χ0v) is 15.5. The molecule has 0 aromatic heterocycles. The summed E-state index contributed by atoms with van der Waals surface area (Å²) >= 11 is 0. The largest absolute Gasteiger partial charge is 0.481 e. The van der Waals surface area contributed by atoms with Gasteiger partial charge in [0.2, 0.25) is 0 Å². The highest BCUT2D eigenvalue weighted by Gasteiger charge is 2.46. The highest BCUT2D eigenvalue weighted by atomic mass is 16.5. The standard InChI is InChI=1S/C21H34O4/c1-2-3-6-9-17(22)12-13-18-16-14-20(25-15-16)19(18)10-7-4-5-8-11-21(23)24/h4,7,12-13,16-20,22H,2-3,5-6,8-11,14-15H2,1H3,(H,23,24)/b7-4+,13-12+/t16-,17-,18?,19+,20-/m0/s1. The molecule has 1 aliphatic carbocycles. The number of aliphatic hydroxyl groups is 1. The lowest BCUT2D eigenvalue weighted by Crippen LogP contribution is -2.27. The molecule has 1 saturated carbocycles. The SMILES string of the molecule is CCCCC[C@H](O)/C=C/C1[C@@H]2CO[C@@H](C2)[C@@H]1C/C=C/CCCC(=O)O. The zero-order chi connectivity index (χ0) is 18.1. The number of aliphatic hydroxyl groups excluding tert-OH is 1. The molecule has 4 heteroatoms. The smallest absolute Gasteiger partial charge is 0.303 e. The minimum atomic E-state index is -0.724. The maximum Gasteiger partial charge on any atom is 0.303 e. The molecular weight excluding hydrogens is 316 g/mol. The first-order valence-electron chi connectivity index (χ1n) is 9.96. The van der Waals surface area contributed by atoms with Crippen LogP contribution in [0.3, 0.4) is 0 Å². The van der Waals surface area contributed by atoms with Gasteiger partial charge in [0.1, 0.15) is 0 Å². The second kappa shape index (κ2) is 10.8. The van der Waals surface area contributed by atoms with Crippen LogP contribution < -0.4 is 0 Å². The van der Waals surface area contributed by atoms with Gasteiger partial charge >= 0.3 is 5.97 Å². The number of aliphatic carboxylic acids is 1. The number of unbranched alkanes of at least 4 members (excludes halogenated alkanes) is 3. The van der Waals surface area contributed by atoms with E-state index < -0.39 is 5.97 Å². The number of rotatable bonds is 12. The van der Waals surface area contributed by atoms with Gasteiger partial charge < -0.3 is 14.9 Å². The summed E-state index contributed by atoms with van der Waals surface area (Å²) in [6.45, 7) is 3.03. The normalized spacial score (nSPS) is 29.8. The molecule has 1 saturated heterocycles. The van der Waals surface area contributed by atoms with Gasteiger partial charge in [-0.05, 0) is 49.9 Å². The van der Waals surface area contributed by atoms with Crippen LogP contribution in [-0.4, -0.2) is 35.0 Å². The molecule has 5 atom stereocenters. The van der Waals surface area contributed by atoms with Crippen LogP contribution in [0, 0.1) is 17.8 Å². The maximum atomic E-state index is 10.5. The third-order valence-electron chi connectivity index (χ3n) is 5.57. The van der Waals surface area contributed by atoms with Crippen molar-refractivity contribution < 1.29 is 19.7 Å². The fraction of sp³-hybridized carbons (Fsp3) is 0.762. The van der Waals surface area contributed by atoms with Gasteiger partial charge in [0.25, 0.3) is 0 Å². The van der Waals surface area contributed by atoms with Gasteiger partial charge in [-0.15, -0.1) is 0 Å². The number of carboxylic acid groups (broad SMARTS) is 1. The summed E-state index contributed by atoms with van der Waals surface area (Å²) in [7, 11) is 0. The third-order valence-corrected chi connectivity index (χ3v) is 5.57. The Morgan fingerprint density at radius 2 is 2.12 bits per heavy atom. The minimum Gasteiger partial charge on any atom is -0.481 e. The van der Waals surface area contributed by atoms with Gasteiger partial charge in [0.05, 0.1) is 18.8 Å². The fourth-order valence-electron chi connectivity index (χ4n) is 4.15. The Kier molecular flexibility index (Phi) is 8.70. The molecular formula is C21H34O4. The van der Waals surface area contributed by atoms with Crippen molar-refractivity contribution in [2.24, 2.45) is 17.8 Å². The molecule has 1 unspecified atom stereocenters. The highest BCUT2D eigenvalue weighted by Crippen LogP contribution is 2.47. The number of carbonyl (C=O) groups is 1. The van der Waals surface area contributed by atoms with E-state index in [1.807, 2.05) is 6.08 Å². The topological polar surface area (TPSA) is 66.8 Å². The average Bonchev–Trinajstić information content (AvgIpc) is 3.17. The summed E-state index contributed by atoms with van der Waals surface area (Å²) in [5.74, 6) is 0.865. The van der Waals surface area contributed by atoms with Crippen LogP contribution in [-0.2, 0) is 9.53 Å². The summed E-state index contributed by atoms with van der Waals surface area (Å²) in [6, 6.07) is 0. The predicted octanol–water partition coefficient (Wildman–Crippen LogP) is 4.34. The Hall–Kier alpha value is -1.13. The van der Waals surface area contributed by atoms with Crippen molar-refractivity contribution in [3.8, 4) is 0 Å². The van der Waals surface area contributed by atoms with Gasteiger partial charge in [0.15, 0.2) is 0 Å². The highest BCUT2D eigenvalue weighted by molar-refractivity contribution is 5.66. The molecule has 2 N–H and O–H groups in total. The predicted molar refractivity (Wildman–Crippen MR) is 99.4 cm³/mol. The van der Waals surface area contributed by atoms with Crippen molar-refractivity contribution in [2.45, 2.75) is 76.9 Å². The van der Waals surface area contributed by atoms with Crippen LogP contribution in [0.1, 0.15) is 64.7 Å². The third kappa shape index (κ3) is 6.59. The lowest BCUT2D eigenvalue weighted by atomic mass is 9.85. The minimum absolute atomic E-state index is 0.239. The first-order valence-corrected chi connectivity index (χ1v) is 9.96. The number of allylic oxidation sites excluding steroid dienone is 3. The lowest BCUT2D eigenvalue weighted by Gasteiger charge is -2.28. The zero-order valence-electron chi connectivity index (χ0n) is 15.5. The molecule has 2 fully saturated rings. The second-order valence-corrected chi connectivity index (χ2v) is 7.55. The summed E-state index contributed by atoms with van der Waals surface area (Å²) in [6.07, 6.45) is 16.8. The Balaban J connectivity index is 1.78. The van der Waals surface area contributed by atoms with E-state index in [1.165, 1.54) is 12.8 Å².